The Morgan fingerprint density at radius 1 is 1.25 bits per heavy atom. The fraction of sp³-hybridized carbons (Fsp3) is 0.438. The van der Waals surface area contributed by atoms with Crippen molar-refractivity contribution in [2.24, 2.45) is 5.84 Å². The van der Waals surface area contributed by atoms with Gasteiger partial charge in [-0.2, -0.15) is 0 Å². The molecule has 4 nitrogen and oxygen atoms in total. The quantitative estimate of drug-likeness (QED) is 0.650. The van der Waals surface area contributed by atoms with Crippen LogP contribution in [-0.2, 0) is 6.54 Å². The van der Waals surface area contributed by atoms with Gasteiger partial charge in [-0.3, -0.25) is 5.84 Å². The number of hydrogen-bond donors (Lipinski definition) is 2. The Hall–Kier alpha value is -1.65. The highest BCUT2D eigenvalue weighted by molar-refractivity contribution is 5.42. The van der Waals surface area contributed by atoms with E-state index in [-0.39, 0.29) is 6.04 Å². The monoisotopic (exact) mass is 272 g/mol. The van der Waals surface area contributed by atoms with E-state index in [9.17, 15) is 0 Å². The number of aryl methyl sites for hydroxylation is 4. The molecular formula is C16H24N4. The summed E-state index contributed by atoms with van der Waals surface area (Å²) in [6.45, 7) is 9.50. The molecule has 3 N–H and O–H groups in total. The number of nitrogens with one attached hydrogen (secondary N) is 1. The van der Waals surface area contributed by atoms with E-state index in [0.29, 0.717) is 0 Å². The molecule has 0 saturated carbocycles. The zero-order valence-corrected chi connectivity index (χ0v) is 12.8. The van der Waals surface area contributed by atoms with Crippen LogP contribution in [0.3, 0.4) is 0 Å². The van der Waals surface area contributed by atoms with Crippen LogP contribution in [0, 0.1) is 20.8 Å². The third-order valence-electron chi connectivity index (χ3n) is 3.66. The summed E-state index contributed by atoms with van der Waals surface area (Å²) in [4.78, 5) is 4.51. The minimum absolute atomic E-state index is 0.0721. The average Bonchev–Trinajstić information content (AvgIpc) is 2.82. The second kappa shape index (κ2) is 6.20. The van der Waals surface area contributed by atoms with Crippen molar-refractivity contribution in [3.8, 4) is 0 Å². The molecule has 108 valence electrons. The predicted molar refractivity (Wildman–Crippen MR) is 82.3 cm³/mol. The van der Waals surface area contributed by atoms with Gasteiger partial charge >= 0.3 is 0 Å². The maximum atomic E-state index is 5.83. The fourth-order valence-corrected chi connectivity index (χ4v) is 2.94. The Morgan fingerprint density at radius 3 is 2.45 bits per heavy atom. The largest absolute Gasteiger partial charge is 0.333 e. The number of imidazole rings is 1. The molecular weight excluding hydrogens is 248 g/mol. The van der Waals surface area contributed by atoms with Gasteiger partial charge in [0.05, 0.1) is 0 Å². The number of hydrogen-bond acceptors (Lipinski definition) is 3. The Kier molecular flexibility index (Phi) is 4.57. The zero-order valence-electron chi connectivity index (χ0n) is 12.8. The molecule has 1 atom stereocenters. The second-order valence-electron chi connectivity index (χ2n) is 5.39. The number of hydrazine groups is 1. The number of aromatic nitrogens is 2. The van der Waals surface area contributed by atoms with Crippen LogP contribution in [0.2, 0.25) is 0 Å². The van der Waals surface area contributed by atoms with Gasteiger partial charge in [0.15, 0.2) is 0 Å². The lowest BCUT2D eigenvalue weighted by molar-refractivity contribution is 0.542. The summed E-state index contributed by atoms with van der Waals surface area (Å²) in [6.07, 6.45) is 4.93. The van der Waals surface area contributed by atoms with Gasteiger partial charge in [-0.25, -0.2) is 10.4 Å². The van der Waals surface area contributed by atoms with Crippen LogP contribution in [0.5, 0.6) is 0 Å². The van der Waals surface area contributed by atoms with Crippen LogP contribution < -0.4 is 11.3 Å². The molecule has 1 aromatic heterocycles. The molecule has 2 aromatic rings. The van der Waals surface area contributed by atoms with Crippen molar-refractivity contribution >= 4 is 0 Å². The first kappa shape index (κ1) is 14.8. The molecule has 1 aromatic carbocycles. The molecule has 0 aliphatic carbocycles. The van der Waals surface area contributed by atoms with Crippen LogP contribution in [0.15, 0.2) is 24.5 Å². The van der Waals surface area contributed by atoms with Crippen LogP contribution >= 0.6 is 0 Å². The van der Waals surface area contributed by atoms with Gasteiger partial charge in [0.2, 0.25) is 0 Å². The van der Waals surface area contributed by atoms with Crippen molar-refractivity contribution in [1.82, 2.24) is 15.0 Å². The number of nitrogens with two attached hydrogens (primary N) is 1. The zero-order chi connectivity index (χ0) is 14.7. The molecule has 1 heterocycles. The summed E-state index contributed by atoms with van der Waals surface area (Å²) in [6, 6.07) is 4.32. The lowest BCUT2D eigenvalue weighted by atomic mass is 9.94. The smallest absolute Gasteiger partial charge is 0.131 e. The van der Waals surface area contributed by atoms with Gasteiger partial charge in [-0.15, -0.1) is 0 Å². The molecule has 4 heteroatoms. The summed E-state index contributed by atoms with van der Waals surface area (Å²) in [5.74, 6) is 6.81. The molecule has 0 fully saturated rings. The number of nitrogens with zero attached hydrogens (tertiary/aromatic N) is 2. The third kappa shape index (κ3) is 2.76. The molecule has 20 heavy (non-hydrogen) atoms. The first-order valence-corrected chi connectivity index (χ1v) is 7.13. The molecule has 2 rings (SSSR count). The third-order valence-corrected chi connectivity index (χ3v) is 3.66. The molecule has 0 amide bonds. The first-order valence-electron chi connectivity index (χ1n) is 7.13. The van der Waals surface area contributed by atoms with E-state index in [4.69, 9.17) is 5.84 Å². The highest BCUT2D eigenvalue weighted by Gasteiger charge is 2.21. The van der Waals surface area contributed by atoms with E-state index in [1.807, 2.05) is 12.4 Å². The topological polar surface area (TPSA) is 55.9 Å². The summed E-state index contributed by atoms with van der Waals surface area (Å²) in [5, 5.41) is 0. The Labute approximate surface area is 121 Å². The normalized spacial score (nSPS) is 12.7. The molecule has 0 spiro atoms. The first-order chi connectivity index (χ1) is 9.58. The van der Waals surface area contributed by atoms with Crippen LogP contribution in [0.4, 0.5) is 0 Å². The number of benzene rings is 1. The molecule has 0 aliphatic heterocycles. The lowest BCUT2D eigenvalue weighted by Gasteiger charge is -2.22. The maximum absolute atomic E-state index is 5.83. The van der Waals surface area contributed by atoms with Crippen molar-refractivity contribution in [3.63, 3.8) is 0 Å². The Bertz CT molecular complexity index is 563. The van der Waals surface area contributed by atoms with Crippen LogP contribution in [0.25, 0.3) is 0 Å². The van der Waals surface area contributed by atoms with Crippen molar-refractivity contribution in [2.45, 2.75) is 46.7 Å². The van der Waals surface area contributed by atoms with Crippen molar-refractivity contribution in [2.75, 3.05) is 0 Å². The standard InChI is InChI=1S/C16H24N4/c1-5-7-20-8-6-18-16(20)15(19-17)14-12(3)9-11(2)10-13(14)4/h6,8-10,15,19H,5,7,17H2,1-4H3. The van der Waals surface area contributed by atoms with E-state index < -0.39 is 0 Å². The summed E-state index contributed by atoms with van der Waals surface area (Å²) in [5.41, 5.74) is 7.93. The van der Waals surface area contributed by atoms with Gasteiger partial charge in [0, 0.05) is 18.9 Å². The molecule has 0 radical (unpaired) electrons. The van der Waals surface area contributed by atoms with E-state index in [1.54, 1.807) is 0 Å². The van der Waals surface area contributed by atoms with Gasteiger partial charge in [-0.1, -0.05) is 24.6 Å². The highest BCUT2D eigenvalue weighted by Crippen LogP contribution is 2.27. The van der Waals surface area contributed by atoms with Gasteiger partial charge in [-0.05, 0) is 43.9 Å². The average molecular weight is 272 g/mol. The van der Waals surface area contributed by atoms with Crippen molar-refractivity contribution in [3.05, 3.63) is 52.6 Å². The second-order valence-corrected chi connectivity index (χ2v) is 5.39. The van der Waals surface area contributed by atoms with Crippen LogP contribution in [-0.4, -0.2) is 9.55 Å². The highest BCUT2D eigenvalue weighted by atomic mass is 15.3. The minimum Gasteiger partial charge on any atom is -0.333 e. The van der Waals surface area contributed by atoms with Gasteiger partial charge < -0.3 is 4.57 Å². The summed E-state index contributed by atoms with van der Waals surface area (Å²) >= 11 is 0. The van der Waals surface area contributed by atoms with E-state index >= 15 is 0 Å². The minimum atomic E-state index is -0.0721. The number of rotatable bonds is 5. The fourth-order valence-electron chi connectivity index (χ4n) is 2.94. The van der Waals surface area contributed by atoms with Crippen molar-refractivity contribution in [1.29, 1.82) is 0 Å². The summed E-state index contributed by atoms with van der Waals surface area (Å²) in [7, 11) is 0. The maximum Gasteiger partial charge on any atom is 0.131 e. The van der Waals surface area contributed by atoms with Crippen LogP contribution in [0.1, 0.15) is 47.5 Å². The Morgan fingerprint density at radius 2 is 1.90 bits per heavy atom. The van der Waals surface area contributed by atoms with E-state index in [2.05, 4.69) is 54.8 Å². The van der Waals surface area contributed by atoms with Crippen molar-refractivity contribution < 1.29 is 0 Å². The van der Waals surface area contributed by atoms with Gasteiger partial charge in [0.25, 0.3) is 0 Å². The molecule has 0 aliphatic rings. The molecule has 0 bridgehead atoms. The summed E-state index contributed by atoms with van der Waals surface area (Å²) < 4.78 is 2.17. The predicted octanol–water partition coefficient (Wildman–Crippen LogP) is 2.77. The van der Waals surface area contributed by atoms with E-state index in [0.717, 1.165) is 18.8 Å². The lowest BCUT2D eigenvalue weighted by Crippen LogP contribution is -2.32. The van der Waals surface area contributed by atoms with E-state index in [1.165, 1.54) is 22.3 Å². The SMILES string of the molecule is CCCn1ccnc1C(NN)c1c(C)cc(C)cc1C. The molecule has 1 unspecified atom stereocenters. The molecule has 0 saturated heterocycles. The van der Waals surface area contributed by atoms with Gasteiger partial charge in [0.1, 0.15) is 11.9 Å². The Balaban J connectivity index is 2.50.